The van der Waals surface area contributed by atoms with Gasteiger partial charge in [-0.05, 0) is 112 Å². The Balaban J connectivity index is 0.00000433. The molecule has 46 heavy (non-hydrogen) atoms. The van der Waals surface area contributed by atoms with Crippen molar-refractivity contribution in [1.82, 2.24) is 20.0 Å². The molecule has 0 bridgehead atoms. The van der Waals surface area contributed by atoms with Gasteiger partial charge in [-0.15, -0.1) is 0 Å². The average molecular weight is 652 g/mol. The standard InChI is InChI=1S/C36H48ClN5O4.H2/c1-24-21-26(22-25(2)33(24)37)23-32(34(43)40-16-9-28(10-17-40)27-7-14-38-15-8-27)46-36(45)41-18-12-30(13-19-41)42-20-11-29-5-3-4-6-31(29)39-35(42)44;/h3-6,21-22,27-28,30,32,38H,7-20,23H2,1-2H3,(H,39,44);1H/t32-;/m1./s1. The molecule has 3 fully saturated rings. The molecule has 3 saturated heterocycles. The third-order valence-corrected chi connectivity index (χ3v) is 11.2. The quantitative estimate of drug-likeness (QED) is 0.397. The molecule has 0 aromatic heterocycles. The minimum absolute atomic E-state index is 0. The van der Waals surface area contributed by atoms with Crippen molar-refractivity contribution in [2.45, 2.75) is 77.4 Å². The molecule has 0 spiro atoms. The molecule has 250 valence electrons. The zero-order chi connectivity index (χ0) is 32.2. The van der Waals surface area contributed by atoms with E-state index in [0.29, 0.717) is 62.9 Å². The molecule has 2 aromatic rings. The summed E-state index contributed by atoms with van der Waals surface area (Å²) in [5.74, 6) is 1.26. The molecule has 4 heterocycles. The lowest BCUT2D eigenvalue weighted by atomic mass is 9.79. The van der Waals surface area contributed by atoms with Crippen molar-refractivity contribution in [1.29, 1.82) is 0 Å². The number of carbonyl (C=O) groups is 3. The Kier molecular flexibility index (Phi) is 10.4. The van der Waals surface area contributed by atoms with Gasteiger partial charge in [-0.1, -0.05) is 41.9 Å². The van der Waals surface area contributed by atoms with Crippen LogP contribution in [0.1, 0.15) is 62.2 Å². The van der Waals surface area contributed by atoms with Crippen LogP contribution >= 0.6 is 11.6 Å². The average Bonchev–Trinajstić information content (AvgIpc) is 3.25. The van der Waals surface area contributed by atoms with Gasteiger partial charge in [0, 0.05) is 57.3 Å². The Labute approximate surface area is 279 Å². The van der Waals surface area contributed by atoms with E-state index in [9.17, 15) is 14.4 Å². The molecule has 0 radical (unpaired) electrons. The molecule has 2 aromatic carbocycles. The Bertz CT molecular complexity index is 1400. The van der Waals surface area contributed by atoms with Gasteiger partial charge in [-0.3, -0.25) is 4.79 Å². The van der Waals surface area contributed by atoms with Crippen LogP contribution in [0.5, 0.6) is 0 Å². The van der Waals surface area contributed by atoms with Crippen LogP contribution in [0, 0.1) is 25.7 Å². The molecule has 0 aliphatic carbocycles. The molecule has 1 atom stereocenters. The maximum atomic E-state index is 14.0. The van der Waals surface area contributed by atoms with E-state index in [0.717, 1.165) is 66.2 Å². The monoisotopic (exact) mass is 651 g/mol. The number of fused-ring (bicyclic) bond motifs is 1. The first kappa shape index (κ1) is 32.6. The summed E-state index contributed by atoms with van der Waals surface area (Å²) in [5.41, 5.74) is 4.83. The maximum Gasteiger partial charge on any atom is 0.410 e. The van der Waals surface area contributed by atoms with E-state index in [4.69, 9.17) is 16.3 Å². The van der Waals surface area contributed by atoms with E-state index in [2.05, 4.69) is 16.7 Å². The predicted octanol–water partition coefficient (Wildman–Crippen LogP) is 6.04. The second-order valence-corrected chi connectivity index (χ2v) is 14.0. The Morgan fingerprint density at radius 3 is 2.24 bits per heavy atom. The summed E-state index contributed by atoms with van der Waals surface area (Å²) in [6, 6.07) is 11.9. The summed E-state index contributed by atoms with van der Waals surface area (Å²) in [4.78, 5) is 46.2. The number of piperidine rings is 3. The van der Waals surface area contributed by atoms with E-state index in [1.54, 1.807) is 4.90 Å². The number of carbonyl (C=O) groups excluding carboxylic acids is 3. The van der Waals surface area contributed by atoms with Gasteiger partial charge in [0.1, 0.15) is 0 Å². The van der Waals surface area contributed by atoms with Crippen LogP contribution < -0.4 is 10.6 Å². The first-order chi connectivity index (χ1) is 22.3. The van der Waals surface area contributed by atoms with Crippen LogP contribution in [-0.2, 0) is 22.4 Å². The summed E-state index contributed by atoms with van der Waals surface area (Å²) >= 11 is 6.44. The molecule has 6 rings (SSSR count). The van der Waals surface area contributed by atoms with E-state index >= 15 is 0 Å². The van der Waals surface area contributed by atoms with Gasteiger partial charge in [-0.25, -0.2) is 9.59 Å². The van der Waals surface area contributed by atoms with E-state index < -0.39 is 12.2 Å². The van der Waals surface area contributed by atoms with Gasteiger partial charge >= 0.3 is 12.1 Å². The summed E-state index contributed by atoms with van der Waals surface area (Å²) in [6.07, 6.45) is 5.48. The zero-order valence-corrected chi connectivity index (χ0v) is 28.0. The second kappa shape index (κ2) is 14.6. The van der Waals surface area contributed by atoms with Crippen molar-refractivity contribution in [3.8, 4) is 0 Å². The van der Waals surface area contributed by atoms with Crippen molar-refractivity contribution < 1.29 is 20.5 Å². The normalized spacial score (nSPS) is 20.9. The first-order valence-electron chi connectivity index (χ1n) is 17.1. The predicted molar refractivity (Wildman–Crippen MR) is 182 cm³/mol. The smallest absolute Gasteiger partial charge is 0.410 e. The van der Waals surface area contributed by atoms with Crippen molar-refractivity contribution in [2.24, 2.45) is 11.8 Å². The number of anilines is 1. The minimum atomic E-state index is -0.907. The highest BCUT2D eigenvalue weighted by Crippen LogP contribution is 2.32. The van der Waals surface area contributed by atoms with Crippen LogP contribution in [0.2, 0.25) is 5.02 Å². The summed E-state index contributed by atoms with van der Waals surface area (Å²) in [6.45, 7) is 9.07. The topological polar surface area (TPSA) is 94.2 Å². The molecule has 4 aliphatic rings. The van der Waals surface area contributed by atoms with Gasteiger partial charge in [0.05, 0.1) is 0 Å². The number of urea groups is 1. The number of nitrogens with one attached hydrogen (secondary N) is 2. The third kappa shape index (κ3) is 7.46. The van der Waals surface area contributed by atoms with Crippen LogP contribution in [0.25, 0.3) is 0 Å². The highest BCUT2D eigenvalue weighted by molar-refractivity contribution is 6.32. The fourth-order valence-electron chi connectivity index (χ4n) is 7.95. The van der Waals surface area contributed by atoms with Crippen LogP contribution in [0.3, 0.4) is 0 Å². The van der Waals surface area contributed by atoms with Gasteiger partial charge < -0.3 is 30.1 Å². The molecule has 0 unspecified atom stereocenters. The molecule has 4 aliphatic heterocycles. The number of hydrogen-bond donors (Lipinski definition) is 2. The van der Waals surface area contributed by atoms with Crippen LogP contribution in [-0.4, -0.2) is 90.7 Å². The van der Waals surface area contributed by atoms with Crippen molar-refractivity contribution in [3.05, 3.63) is 63.7 Å². The number of nitrogens with zero attached hydrogens (tertiary/aromatic N) is 3. The number of halogens is 1. The lowest BCUT2D eigenvalue weighted by Crippen LogP contribution is -2.52. The van der Waals surface area contributed by atoms with Gasteiger partial charge in [0.15, 0.2) is 6.10 Å². The van der Waals surface area contributed by atoms with Gasteiger partial charge in [0.2, 0.25) is 0 Å². The van der Waals surface area contributed by atoms with Gasteiger partial charge in [0.25, 0.3) is 5.91 Å². The number of para-hydroxylation sites is 1. The number of aryl methyl sites for hydroxylation is 2. The Morgan fingerprint density at radius 2 is 1.54 bits per heavy atom. The van der Waals surface area contributed by atoms with Crippen LogP contribution in [0.15, 0.2) is 36.4 Å². The summed E-state index contributed by atoms with van der Waals surface area (Å²) < 4.78 is 6.09. The number of likely N-dealkylation sites (tertiary alicyclic amines) is 2. The second-order valence-electron chi connectivity index (χ2n) is 13.6. The molecule has 0 saturated carbocycles. The summed E-state index contributed by atoms with van der Waals surface area (Å²) in [7, 11) is 0. The largest absolute Gasteiger partial charge is 0.436 e. The molecule has 4 amide bonds. The molecule has 9 nitrogen and oxygen atoms in total. The lowest BCUT2D eigenvalue weighted by Gasteiger charge is -2.39. The number of hydrogen-bond acceptors (Lipinski definition) is 5. The highest BCUT2D eigenvalue weighted by Gasteiger charge is 2.36. The molecule has 2 N–H and O–H groups in total. The summed E-state index contributed by atoms with van der Waals surface area (Å²) in [5, 5.41) is 7.23. The molecule has 10 heteroatoms. The van der Waals surface area contributed by atoms with E-state index in [1.165, 1.54) is 12.8 Å². The maximum absolute atomic E-state index is 14.0. The number of benzene rings is 2. The fourth-order valence-corrected chi connectivity index (χ4v) is 8.06. The van der Waals surface area contributed by atoms with Gasteiger partial charge in [-0.2, -0.15) is 0 Å². The fraction of sp³-hybridized carbons (Fsp3) is 0.583. The number of ether oxygens (including phenoxy) is 1. The Hall–Kier alpha value is -3.30. The third-order valence-electron chi connectivity index (χ3n) is 10.6. The lowest BCUT2D eigenvalue weighted by molar-refractivity contribution is -0.142. The van der Waals surface area contributed by atoms with Crippen LogP contribution in [0.4, 0.5) is 15.3 Å². The van der Waals surface area contributed by atoms with E-state index in [1.807, 2.05) is 54.0 Å². The zero-order valence-electron chi connectivity index (χ0n) is 27.2. The van der Waals surface area contributed by atoms with Crippen molar-refractivity contribution >= 4 is 35.3 Å². The minimum Gasteiger partial charge on any atom is -0.436 e. The first-order valence-corrected chi connectivity index (χ1v) is 17.5. The van der Waals surface area contributed by atoms with E-state index in [-0.39, 0.29) is 19.4 Å². The Morgan fingerprint density at radius 1 is 0.913 bits per heavy atom. The SMILES string of the molecule is Cc1cc(C[C@@H](OC(=O)N2CCC(N3CCc4ccccc4NC3=O)CC2)C(=O)N2CCC(C3CCNCC3)CC2)cc(C)c1Cl.[HH]. The molecular weight excluding hydrogens is 602 g/mol. The number of rotatable bonds is 6. The highest BCUT2D eigenvalue weighted by atomic mass is 35.5. The number of amides is 4. The molecular formula is C36H50ClN5O4. The van der Waals surface area contributed by atoms with Crippen molar-refractivity contribution in [2.75, 3.05) is 51.1 Å². The van der Waals surface area contributed by atoms with Crippen molar-refractivity contribution in [3.63, 3.8) is 0 Å².